The summed E-state index contributed by atoms with van der Waals surface area (Å²) < 4.78 is 5.26. The van der Waals surface area contributed by atoms with Crippen LogP contribution in [0, 0.1) is 0 Å². The number of methoxy groups -OCH3 is 1. The summed E-state index contributed by atoms with van der Waals surface area (Å²) in [7, 11) is 1.65. The molecule has 0 radical (unpaired) electrons. The Bertz CT molecular complexity index is 268. The Morgan fingerprint density at radius 3 is 2.47 bits per heavy atom. The zero-order chi connectivity index (χ0) is 13.5. The first-order valence-electron chi connectivity index (χ1n) is 5.41. The van der Waals surface area contributed by atoms with Crippen molar-refractivity contribution in [3.8, 4) is 0 Å². The molecule has 0 aliphatic heterocycles. The second kappa shape index (κ2) is 7.55. The molecular formula is C11H21NO4S. The highest BCUT2D eigenvalue weighted by atomic mass is 32.2. The van der Waals surface area contributed by atoms with Gasteiger partial charge >= 0.3 is 5.97 Å². The zero-order valence-electron chi connectivity index (χ0n) is 10.8. The summed E-state index contributed by atoms with van der Waals surface area (Å²) in [5, 5.41) is 11.3. The molecular weight excluding hydrogens is 242 g/mol. The maximum absolute atomic E-state index is 10.8. The van der Waals surface area contributed by atoms with Crippen LogP contribution in [0.25, 0.3) is 0 Å². The molecule has 0 saturated carbocycles. The van der Waals surface area contributed by atoms with Gasteiger partial charge < -0.3 is 15.2 Å². The Kier molecular flexibility index (Phi) is 7.22. The Hall–Kier alpha value is -0.750. The number of thioether (sulfide) groups is 1. The van der Waals surface area contributed by atoms with Crippen molar-refractivity contribution in [1.82, 2.24) is 5.32 Å². The minimum Gasteiger partial charge on any atom is -0.480 e. The van der Waals surface area contributed by atoms with Crippen molar-refractivity contribution in [3.63, 3.8) is 0 Å². The van der Waals surface area contributed by atoms with Gasteiger partial charge in [-0.25, -0.2) is 4.79 Å². The molecule has 0 aliphatic carbocycles. The third-order valence-corrected chi connectivity index (χ3v) is 3.42. The first-order chi connectivity index (χ1) is 7.78. The zero-order valence-corrected chi connectivity index (χ0v) is 11.6. The average Bonchev–Trinajstić information content (AvgIpc) is 2.21. The summed E-state index contributed by atoms with van der Waals surface area (Å²) in [5.41, 5.74) is -0.195. The molecule has 5 nitrogen and oxygen atoms in total. The first kappa shape index (κ1) is 16.2. The lowest BCUT2D eigenvalue weighted by Gasteiger charge is -2.22. The van der Waals surface area contributed by atoms with Crippen LogP contribution in [0.3, 0.4) is 0 Å². The summed E-state index contributed by atoms with van der Waals surface area (Å²) in [6.07, 6.45) is 0.834. The first-order valence-corrected chi connectivity index (χ1v) is 6.57. The lowest BCUT2D eigenvalue weighted by molar-refractivity contribution is -0.140. The lowest BCUT2D eigenvalue weighted by atomic mass is 10.1. The number of hydrogen-bond donors (Lipinski definition) is 2. The van der Waals surface area contributed by atoms with E-state index in [4.69, 9.17) is 9.84 Å². The maximum atomic E-state index is 10.8. The van der Waals surface area contributed by atoms with E-state index in [9.17, 15) is 9.59 Å². The number of hydrogen-bond acceptors (Lipinski definition) is 4. The molecule has 0 aromatic rings. The fourth-order valence-electron chi connectivity index (χ4n) is 1.04. The summed E-state index contributed by atoms with van der Waals surface area (Å²) in [6.45, 7) is 5.28. The van der Waals surface area contributed by atoms with Gasteiger partial charge in [0.1, 0.15) is 6.04 Å². The normalized spacial score (nSPS) is 13.2. The van der Waals surface area contributed by atoms with Gasteiger partial charge in [0.25, 0.3) is 0 Å². The Balaban J connectivity index is 3.91. The minimum absolute atomic E-state index is 0.195. The standard InChI is InChI=1S/C11H21NO4S/c1-8(13)12-9(10(14)15)7-17-6-5-11(2,3)16-4/h9H,5-7H2,1-4H3,(H,12,13)(H,14,15)/t9-/m0/s1. The van der Waals surface area contributed by atoms with Gasteiger partial charge in [0, 0.05) is 19.8 Å². The van der Waals surface area contributed by atoms with E-state index >= 15 is 0 Å². The van der Waals surface area contributed by atoms with Crippen molar-refractivity contribution < 1.29 is 19.4 Å². The van der Waals surface area contributed by atoms with Crippen molar-refractivity contribution in [2.75, 3.05) is 18.6 Å². The monoisotopic (exact) mass is 263 g/mol. The Morgan fingerprint density at radius 1 is 1.47 bits per heavy atom. The molecule has 1 atom stereocenters. The van der Waals surface area contributed by atoms with E-state index < -0.39 is 12.0 Å². The minimum atomic E-state index is -1.00. The Labute approximate surface area is 106 Å². The fraction of sp³-hybridized carbons (Fsp3) is 0.818. The second-order valence-electron chi connectivity index (χ2n) is 4.38. The van der Waals surface area contributed by atoms with Crippen LogP contribution < -0.4 is 5.32 Å². The number of carbonyl (C=O) groups is 2. The molecule has 0 unspecified atom stereocenters. The van der Waals surface area contributed by atoms with E-state index in [1.165, 1.54) is 18.7 Å². The molecule has 100 valence electrons. The van der Waals surface area contributed by atoms with Gasteiger partial charge in [0.15, 0.2) is 0 Å². The van der Waals surface area contributed by atoms with Gasteiger partial charge in [0.05, 0.1) is 5.60 Å². The molecule has 0 aliphatic rings. The number of rotatable bonds is 8. The van der Waals surface area contributed by atoms with E-state index in [-0.39, 0.29) is 11.5 Å². The number of carboxylic acids is 1. The van der Waals surface area contributed by atoms with Crippen LogP contribution in [-0.2, 0) is 14.3 Å². The highest BCUT2D eigenvalue weighted by Gasteiger charge is 2.20. The van der Waals surface area contributed by atoms with Crippen molar-refractivity contribution >= 4 is 23.6 Å². The van der Waals surface area contributed by atoms with Gasteiger partial charge in [-0.15, -0.1) is 0 Å². The predicted octanol–water partition coefficient (Wildman–Crippen LogP) is 1.12. The number of ether oxygens (including phenoxy) is 1. The molecule has 0 heterocycles. The van der Waals surface area contributed by atoms with Crippen molar-refractivity contribution in [2.24, 2.45) is 0 Å². The summed E-state index contributed by atoms with van der Waals surface area (Å²) in [5.74, 6) is -0.159. The van der Waals surface area contributed by atoms with Crippen LogP contribution in [0.1, 0.15) is 27.2 Å². The number of nitrogens with one attached hydrogen (secondary N) is 1. The van der Waals surface area contributed by atoms with Gasteiger partial charge in [-0.2, -0.15) is 11.8 Å². The second-order valence-corrected chi connectivity index (χ2v) is 5.53. The van der Waals surface area contributed by atoms with E-state index in [0.29, 0.717) is 5.75 Å². The average molecular weight is 263 g/mol. The van der Waals surface area contributed by atoms with E-state index in [0.717, 1.165) is 12.2 Å². The number of carbonyl (C=O) groups excluding carboxylic acids is 1. The van der Waals surface area contributed by atoms with Gasteiger partial charge in [-0.05, 0) is 26.0 Å². The molecule has 6 heteroatoms. The van der Waals surface area contributed by atoms with Crippen LogP contribution in [0.15, 0.2) is 0 Å². The third kappa shape index (κ3) is 8.04. The molecule has 1 amide bonds. The van der Waals surface area contributed by atoms with Crippen molar-refractivity contribution in [1.29, 1.82) is 0 Å². The maximum Gasteiger partial charge on any atom is 0.327 e. The predicted molar refractivity (Wildman–Crippen MR) is 68.3 cm³/mol. The molecule has 0 saturated heterocycles. The Morgan fingerprint density at radius 2 is 2.06 bits per heavy atom. The number of amides is 1. The van der Waals surface area contributed by atoms with Crippen LogP contribution >= 0.6 is 11.8 Å². The molecule has 0 spiro atoms. The van der Waals surface area contributed by atoms with Crippen LogP contribution in [0.5, 0.6) is 0 Å². The third-order valence-electron chi connectivity index (χ3n) is 2.36. The number of carboxylic acid groups (broad SMARTS) is 1. The van der Waals surface area contributed by atoms with Gasteiger partial charge in [-0.3, -0.25) is 4.79 Å². The fourth-order valence-corrected chi connectivity index (χ4v) is 2.31. The van der Waals surface area contributed by atoms with Crippen molar-refractivity contribution in [3.05, 3.63) is 0 Å². The molecule has 17 heavy (non-hydrogen) atoms. The molecule has 0 aromatic heterocycles. The number of aliphatic carboxylic acids is 1. The smallest absolute Gasteiger partial charge is 0.327 e. The van der Waals surface area contributed by atoms with Crippen LogP contribution in [-0.4, -0.2) is 47.2 Å². The molecule has 0 rings (SSSR count). The molecule has 0 bridgehead atoms. The highest BCUT2D eigenvalue weighted by Crippen LogP contribution is 2.17. The topological polar surface area (TPSA) is 75.6 Å². The van der Waals surface area contributed by atoms with E-state index in [1.807, 2.05) is 13.8 Å². The SMILES string of the molecule is COC(C)(C)CCSC[C@H](NC(C)=O)C(=O)O. The van der Waals surface area contributed by atoms with Crippen LogP contribution in [0.2, 0.25) is 0 Å². The quantitative estimate of drug-likeness (QED) is 0.642. The molecule has 2 N–H and O–H groups in total. The summed E-state index contributed by atoms with van der Waals surface area (Å²) in [6, 6.07) is -0.817. The van der Waals surface area contributed by atoms with Gasteiger partial charge in [0.2, 0.25) is 5.91 Å². The van der Waals surface area contributed by atoms with E-state index in [2.05, 4.69) is 5.32 Å². The summed E-state index contributed by atoms with van der Waals surface area (Å²) in [4.78, 5) is 21.6. The molecule has 0 aromatic carbocycles. The summed E-state index contributed by atoms with van der Waals surface area (Å²) >= 11 is 1.50. The van der Waals surface area contributed by atoms with Gasteiger partial charge in [-0.1, -0.05) is 0 Å². The van der Waals surface area contributed by atoms with Crippen molar-refractivity contribution in [2.45, 2.75) is 38.8 Å². The largest absolute Gasteiger partial charge is 0.480 e. The molecule has 0 fully saturated rings. The lowest BCUT2D eigenvalue weighted by Crippen LogP contribution is -2.41. The van der Waals surface area contributed by atoms with E-state index in [1.54, 1.807) is 7.11 Å². The van der Waals surface area contributed by atoms with Crippen LogP contribution in [0.4, 0.5) is 0 Å². The highest BCUT2D eigenvalue weighted by molar-refractivity contribution is 7.99.